The van der Waals surface area contributed by atoms with Gasteiger partial charge in [0, 0.05) is 0 Å². The van der Waals surface area contributed by atoms with Crippen molar-refractivity contribution in [3.05, 3.63) is 77.6 Å². The highest BCUT2D eigenvalue weighted by molar-refractivity contribution is 5.60. The minimum atomic E-state index is -4.71. The Morgan fingerprint density at radius 2 is 1.84 bits per heavy atom. The molecule has 1 aliphatic rings. The Labute approximate surface area is 146 Å². The van der Waals surface area contributed by atoms with Crippen molar-refractivity contribution in [3.8, 4) is 0 Å². The van der Waals surface area contributed by atoms with Gasteiger partial charge in [0.15, 0.2) is 0 Å². The van der Waals surface area contributed by atoms with Crippen LogP contribution in [0.4, 0.5) is 13.2 Å². The summed E-state index contributed by atoms with van der Waals surface area (Å²) < 4.78 is 40.5. The lowest BCUT2D eigenvalue weighted by molar-refractivity contribution is -0.303. The molecule has 2 N–H and O–H groups in total. The molecule has 0 bridgehead atoms. The Hall–Kier alpha value is -2.27. The highest BCUT2D eigenvalue weighted by atomic mass is 19.4. The molecule has 0 heterocycles. The van der Waals surface area contributed by atoms with Gasteiger partial charge in [-0.25, -0.2) is 0 Å². The number of ether oxygens (including phenoxy) is 1. The zero-order chi connectivity index (χ0) is 18.3. The van der Waals surface area contributed by atoms with E-state index in [-0.39, 0.29) is 5.76 Å². The van der Waals surface area contributed by atoms with E-state index in [9.17, 15) is 13.2 Å². The van der Waals surface area contributed by atoms with Crippen molar-refractivity contribution in [1.29, 1.82) is 0 Å². The number of rotatable bonds is 7. The summed E-state index contributed by atoms with van der Waals surface area (Å²) in [6.45, 7) is 3.71. The molecule has 1 aliphatic carbocycles. The topological polar surface area (TPSA) is 35.2 Å². The number of aryl methyl sites for hydroxylation is 1. The maximum Gasteiger partial charge on any atom is 0.573 e. The normalized spacial score (nSPS) is 19.0. The average molecular weight is 349 g/mol. The van der Waals surface area contributed by atoms with E-state index in [0.717, 1.165) is 36.8 Å². The minimum Gasteiger partial charge on any atom is -0.406 e. The molecule has 1 aromatic carbocycles. The molecule has 2 rings (SSSR count). The Balaban J connectivity index is 1.97. The Morgan fingerprint density at radius 1 is 1.12 bits per heavy atom. The molecule has 1 unspecified atom stereocenters. The molecule has 0 fully saturated rings. The van der Waals surface area contributed by atoms with Gasteiger partial charge in [-0.1, -0.05) is 36.4 Å². The van der Waals surface area contributed by atoms with Crippen LogP contribution in [0.25, 0.3) is 6.08 Å². The number of halogens is 3. The van der Waals surface area contributed by atoms with Crippen LogP contribution in [0.3, 0.4) is 0 Å². The van der Waals surface area contributed by atoms with Crippen LogP contribution in [0, 0.1) is 0 Å². The highest BCUT2D eigenvalue weighted by Crippen LogP contribution is 2.25. The van der Waals surface area contributed by atoms with Crippen molar-refractivity contribution in [1.82, 2.24) is 0 Å². The fourth-order valence-corrected chi connectivity index (χ4v) is 2.56. The Morgan fingerprint density at radius 3 is 2.44 bits per heavy atom. The largest absolute Gasteiger partial charge is 0.573 e. The fraction of sp³-hybridized carbons (Fsp3) is 0.300. The van der Waals surface area contributed by atoms with Gasteiger partial charge in [0.25, 0.3) is 0 Å². The van der Waals surface area contributed by atoms with Crippen molar-refractivity contribution in [2.24, 2.45) is 5.73 Å². The Kier molecular flexibility index (Phi) is 6.65. The molecule has 25 heavy (non-hydrogen) atoms. The molecule has 134 valence electrons. The summed E-state index contributed by atoms with van der Waals surface area (Å²) in [5.41, 5.74) is 8.86. The fourth-order valence-electron chi connectivity index (χ4n) is 2.56. The zero-order valence-electron chi connectivity index (χ0n) is 13.9. The molecule has 0 radical (unpaired) electrons. The predicted molar refractivity (Wildman–Crippen MR) is 94.5 cm³/mol. The lowest BCUT2D eigenvalue weighted by Crippen LogP contribution is -2.23. The number of benzene rings is 1. The van der Waals surface area contributed by atoms with Gasteiger partial charge in [-0.2, -0.15) is 0 Å². The van der Waals surface area contributed by atoms with Crippen LogP contribution in [-0.2, 0) is 11.2 Å². The van der Waals surface area contributed by atoms with E-state index < -0.39 is 12.4 Å². The number of unbranched alkanes of at least 4 members (excludes halogenated alkanes) is 2. The second-order valence-electron chi connectivity index (χ2n) is 5.90. The van der Waals surface area contributed by atoms with Gasteiger partial charge in [-0.05, 0) is 60.6 Å². The first-order valence-corrected chi connectivity index (χ1v) is 8.20. The van der Waals surface area contributed by atoms with Crippen LogP contribution in [0.15, 0.2) is 66.5 Å². The third-order valence-corrected chi connectivity index (χ3v) is 3.84. The summed E-state index contributed by atoms with van der Waals surface area (Å²) in [7, 11) is 0. The third-order valence-electron chi connectivity index (χ3n) is 3.84. The van der Waals surface area contributed by atoms with Crippen LogP contribution in [-0.4, -0.2) is 12.4 Å². The van der Waals surface area contributed by atoms with Gasteiger partial charge in [0.05, 0.1) is 6.04 Å². The van der Waals surface area contributed by atoms with Gasteiger partial charge in [-0.15, -0.1) is 19.8 Å². The number of allylic oxidation sites excluding steroid dienone is 2. The molecule has 0 saturated heterocycles. The van der Waals surface area contributed by atoms with Crippen molar-refractivity contribution in [2.45, 2.75) is 38.1 Å². The molecule has 0 amide bonds. The molecule has 0 aliphatic heterocycles. The van der Waals surface area contributed by atoms with Crippen molar-refractivity contribution in [3.63, 3.8) is 0 Å². The summed E-state index contributed by atoms with van der Waals surface area (Å²) >= 11 is 0. The van der Waals surface area contributed by atoms with E-state index in [1.165, 1.54) is 17.7 Å². The maximum atomic E-state index is 12.2. The predicted octanol–water partition coefficient (Wildman–Crippen LogP) is 5.29. The van der Waals surface area contributed by atoms with Gasteiger partial charge >= 0.3 is 6.36 Å². The summed E-state index contributed by atoms with van der Waals surface area (Å²) in [6, 6.07) is 7.46. The van der Waals surface area contributed by atoms with E-state index in [1.54, 1.807) is 6.08 Å². The number of hydrogen-bond acceptors (Lipinski definition) is 2. The van der Waals surface area contributed by atoms with Gasteiger partial charge in [0.2, 0.25) is 0 Å². The van der Waals surface area contributed by atoms with Crippen molar-refractivity contribution in [2.75, 3.05) is 0 Å². The van der Waals surface area contributed by atoms with Gasteiger partial charge in [-0.3, -0.25) is 0 Å². The third kappa shape index (κ3) is 6.63. The lowest BCUT2D eigenvalue weighted by Gasteiger charge is -2.17. The first-order valence-electron chi connectivity index (χ1n) is 8.20. The summed E-state index contributed by atoms with van der Waals surface area (Å²) in [5.74, 6) is -0.285. The summed E-state index contributed by atoms with van der Waals surface area (Å²) in [5, 5.41) is 0. The summed E-state index contributed by atoms with van der Waals surface area (Å²) in [4.78, 5) is 0. The van der Waals surface area contributed by atoms with E-state index in [4.69, 9.17) is 5.73 Å². The molecule has 0 saturated carbocycles. The van der Waals surface area contributed by atoms with E-state index in [0.29, 0.717) is 0 Å². The molecular formula is C20H22F3NO. The highest BCUT2D eigenvalue weighted by Gasteiger charge is 2.32. The second-order valence-corrected chi connectivity index (χ2v) is 5.90. The van der Waals surface area contributed by atoms with E-state index in [2.05, 4.69) is 23.4 Å². The molecular weight excluding hydrogens is 327 g/mol. The standard InChI is InChI=1S/C20H22F3NO/c1-2-3-4-5-6-15-7-9-16(10-8-15)13-17-11-12-18(14-19(17)24)25-20(21,22)23/h2,7-14,19H,1,3-6,24H2. The lowest BCUT2D eigenvalue weighted by atomic mass is 9.98. The SMILES string of the molecule is C=CCCCCc1ccc(C=C2C=CC(OC(F)(F)F)=CC2N)cc1. The smallest absolute Gasteiger partial charge is 0.406 e. The maximum absolute atomic E-state index is 12.2. The molecule has 0 aromatic heterocycles. The number of nitrogens with two attached hydrogens (primary N) is 1. The van der Waals surface area contributed by atoms with Crippen LogP contribution < -0.4 is 5.73 Å². The quantitative estimate of drug-likeness (QED) is 0.536. The van der Waals surface area contributed by atoms with Crippen LogP contribution >= 0.6 is 0 Å². The number of alkyl halides is 3. The van der Waals surface area contributed by atoms with Gasteiger partial charge in [0.1, 0.15) is 5.76 Å². The first-order chi connectivity index (χ1) is 11.9. The van der Waals surface area contributed by atoms with Gasteiger partial charge < -0.3 is 10.5 Å². The summed E-state index contributed by atoms with van der Waals surface area (Å²) in [6.07, 6.45) is 7.46. The Bertz CT molecular complexity index is 669. The number of hydrogen-bond donors (Lipinski definition) is 1. The van der Waals surface area contributed by atoms with E-state index >= 15 is 0 Å². The molecule has 1 atom stereocenters. The van der Waals surface area contributed by atoms with Crippen LogP contribution in [0.2, 0.25) is 0 Å². The first kappa shape index (κ1) is 19.1. The minimum absolute atomic E-state index is 0.285. The van der Waals surface area contributed by atoms with Crippen LogP contribution in [0.1, 0.15) is 30.4 Å². The monoisotopic (exact) mass is 349 g/mol. The van der Waals surface area contributed by atoms with Crippen molar-refractivity contribution >= 4 is 6.08 Å². The molecule has 1 aromatic rings. The molecule has 5 heteroatoms. The van der Waals surface area contributed by atoms with E-state index in [1.807, 2.05) is 24.3 Å². The average Bonchev–Trinajstić information content (AvgIpc) is 2.54. The zero-order valence-corrected chi connectivity index (χ0v) is 13.9. The van der Waals surface area contributed by atoms with Crippen molar-refractivity contribution < 1.29 is 17.9 Å². The van der Waals surface area contributed by atoms with Crippen LogP contribution in [0.5, 0.6) is 0 Å². The second kappa shape index (κ2) is 8.72. The molecule has 2 nitrogen and oxygen atoms in total. The molecule has 0 spiro atoms.